The van der Waals surface area contributed by atoms with Crippen LogP contribution < -0.4 is 0 Å². The molecule has 90 valence electrons. The van der Waals surface area contributed by atoms with Crippen molar-refractivity contribution >= 4 is 38.9 Å². The van der Waals surface area contributed by atoms with Gasteiger partial charge in [0.05, 0.1) is 11.1 Å². The molecule has 0 aliphatic heterocycles. The molecule has 0 fully saturated rings. The van der Waals surface area contributed by atoms with E-state index in [9.17, 15) is 5.11 Å². The minimum atomic E-state index is -0.610. The molecule has 0 saturated carbocycles. The Hall–Kier alpha value is -0.420. The van der Waals surface area contributed by atoms with Gasteiger partial charge in [-0.3, -0.25) is 0 Å². The number of thiazole rings is 1. The zero-order valence-electron chi connectivity index (χ0n) is 9.15. The molecule has 0 saturated heterocycles. The Bertz CT molecular complexity index is 529. The summed E-state index contributed by atoms with van der Waals surface area (Å²) in [5, 5.41) is 13.6. The summed E-state index contributed by atoms with van der Waals surface area (Å²) in [4.78, 5) is 4.33. The first-order valence-corrected chi connectivity index (χ1v) is 7.15. The minimum Gasteiger partial charge on any atom is -0.388 e. The molecule has 2 rings (SSSR count). The van der Waals surface area contributed by atoms with E-state index >= 15 is 0 Å². The van der Waals surface area contributed by atoms with Crippen molar-refractivity contribution in [1.82, 2.24) is 4.98 Å². The standard InChI is InChI=1S/C12H11BrClNOS/c1-7-6-17-12(15-7)5-11(16)9-3-2-8(13)4-10(9)14/h2-4,6,11,16H,5H2,1H3. The summed E-state index contributed by atoms with van der Waals surface area (Å²) in [5.74, 6) is 0. The van der Waals surface area contributed by atoms with E-state index in [2.05, 4.69) is 20.9 Å². The van der Waals surface area contributed by atoms with E-state index < -0.39 is 6.10 Å². The summed E-state index contributed by atoms with van der Waals surface area (Å²) in [6.45, 7) is 1.94. The van der Waals surface area contributed by atoms with Gasteiger partial charge in [0.2, 0.25) is 0 Å². The largest absolute Gasteiger partial charge is 0.388 e. The van der Waals surface area contributed by atoms with E-state index in [1.54, 1.807) is 17.4 Å². The van der Waals surface area contributed by atoms with Crippen molar-refractivity contribution in [2.24, 2.45) is 0 Å². The molecule has 1 N–H and O–H groups in total. The molecule has 0 aliphatic rings. The Kier molecular flexibility index (Phi) is 4.20. The van der Waals surface area contributed by atoms with Crippen LogP contribution in [0.2, 0.25) is 5.02 Å². The van der Waals surface area contributed by atoms with Crippen LogP contribution in [-0.4, -0.2) is 10.1 Å². The molecule has 17 heavy (non-hydrogen) atoms. The lowest BCUT2D eigenvalue weighted by Crippen LogP contribution is -2.02. The molecule has 0 spiro atoms. The maximum absolute atomic E-state index is 10.1. The lowest BCUT2D eigenvalue weighted by atomic mass is 10.1. The molecular formula is C12H11BrClNOS. The van der Waals surface area contributed by atoms with Crippen LogP contribution in [0.1, 0.15) is 22.4 Å². The van der Waals surface area contributed by atoms with Gasteiger partial charge in [-0.2, -0.15) is 0 Å². The summed E-state index contributed by atoms with van der Waals surface area (Å²) >= 11 is 11.0. The summed E-state index contributed by atoms with van der Waals surface area (Å²) < 4.78 is 0.906. The Morgan fingerprint density at radius 3 is 2.88 bits per heavy atom. The van der Waals surface area contributed by atoms with E-state index in [1.807, 2.05) is 24.4 Å². The van der Waals surface area contributed by atoms with Crippen LogP contribution in [0.3, 0.4) is 0 Å². The van der Waals surface area contributed by atoms with E-state index in [0.29, 0.717) is 11.4 Å². The third-order valence-corrected chi connectivity index (χ3v) is 4.17. The van der Waals surface area contributed by atoms with Crippen molar-refractivity contribution < 1.29 is 5.11 Å². The summed E-state index contributed by atoms with van der Waals surface area (Å²) in [6.07, 6.45) is -0.110. The predicted molar refractivity (Wildman–Crippen MR) is 74.7 cm³/mol. The van der Waals surface area contributed by atoms with Crippen molar-refractivity contribution in [3.63, 3.8) is 0 Å². The van der Waals surface area contributed by atoms with E-state index in [4.69, 9.17) is 11.6 Å². The Balaban J connectivity index is 2.17. The van der Waals surface area contributed by atoms with Crippen LogP contribution in [0.25, 0.3) is 0 Å². The van der Waals surface area contributed by atoms with Gasteiger partial charge in [-0.1, -0.05) is 33.6 Å². The third-order valence-electron chi connectivity index (χ3n) is 2.36. The molecule has 1 aromatic heterocycles. The van der Waals surface area contributed by atoms with Gasteiger partial charge in [0.15, 0.2) is 0 Å². The monoisotopic (exact) mass is 331 g/mol. The lowest BCUT2D eigenvalue weighted by Gasteiger charge is -2.11. The second kappa shape index (κ2) is 5.48. The zero-order chi connectivity index (χ0) is 12.4. The fourth-order valence-corrected chi connectivity index (χ4v) is 3.15. The number of aliphatic hydroxyl groups is 1. The van der Waals surface area contributed by atoms with Gasteiger partial charge < -0.3 is 5.11 Å². The molecule has 2 aromatic rings. The fraction of sp³-hybridized carbons (Fsp3) is 0.250. The SMILES string of the molecule is Cc1csc(CC(O)c2ccc(Br)cc2Cl)n1. The van der Waals surface area contributed by atoms with Crippen molar-refractivity contribution in [1.29, 1.82) is 0 Å². The molecule has 1 aromatic carbocycles. The first-order chi connectivity index (χ1) is 8.06. The van der Waals surface area contributed by atoms with Crippen LogP contribution in [0.15, 0.2) is 28.1 Å². The number of aromatic nitrogens is 1. The highest BCUT2D eigenvalue weighted by atomic mass is 79.9. The van der Waals surface area contributed by atoms with Crippen LogP contribution >= 0.6 is 38.9 Å². The molecule has 1 heterocycles. The fourth-order valence-electron chi connectivity index (χ4n) is 1.54. The van der Waals surface area contributed by atoms with Gasteiger partial charge in [0.25, 0.3) is 0 Å². The van der Waals surface area contributed by atoms with Crippen LogP contribution in [0.4, 0.5) is 0 Å². The molecule has 0 amide bonds. The smallest absolute Gasteiger partial charge is 0.0957 e. The van der Waals surface area contributed by atoms with Gasteiger partial charge in [0.1, 0.15) is 0 Å². The highest BCUT2D eigenvalue weighted by molar-refractivity contribution is 9.10. The van der Waals surface area contributed by atoms with Crippen molar-refractivity contribution in [3.05, 3.63) is 49.3 Å². The predicted octanol–water partition coefficient (Wildman–Crippen LogP) is 4.14. The molecule has 2 nitrogen and oxygen atoms in total. The average Bonchev–Trinajstić information content (AvgIpc) is 2.63. The second-order valence-electron chi connectivity index (χ2n) is 3.77. The minimum absolute atomic E-state index is 0.500. The number of hydrogen-bond acceptors (Lipinski definition) is 3. The Labute approximate surface area is 117 Å². The van der Waals surface area contributed by atoms with E-state index in [0.717, 1.165) is 20.7 Å². The number of halogens is 2. The van der Waals surface area contributed by atoms with Gasteiger partial charge in [0, 0.05) is 27.0 Å². The summed E-state index contributed by atoms with van der Waals surface area (Å²) in [7, 11) is 0. The lowest BCUT2D eigenvalue weighted by molar-refractivity contribution is 0.178. The topological polar surface area (TPSA) is 33.1 Å². The number of nitrogens with zero attached hydrogens (tertiary/aromatic N) is 1. The van der Waals surface area contributed by atoms with Crippen LogP contribution in [-0.2, 0) is 6.42 Å². The molecule has 0 aliphatic carbocycles. The number of rotatable bonds is 3. The van der Waals surface area contributed by atoms with Crippen LogP contribution in [0, 0.1) is 6.92 Å². The summed E-state index contributed by atoms with van der Waals surface area (Å²) in [5.41, 5.74) is 1.72. The number of benzene rings is 1. The average molecular weight is 333 g/mol. The normalized spacial score (nSPS) is 12.7. The molecule has 0 radical (unpaired) electrons. The molecule has 1 unspecified atom stereocenters. The van der Waals surface area contributed by atoms with Gasteiger partial charge in [-0.25, -0.2) is 4.98 Å². The summed E-state index contributed by atoms with van der Waals surface area (Å²) in [6, 6.07) is 5.49. The maximum atomic E-state index is 10.1. The number of hydrogen-bond donors (Lipinski definition) is 1. The Morgan fingerprint density at radius 1 is 1.53 bits per heavy atom. The van der Waals surface area contributed by atoms with E-state index in [-0.39, 0.29) is 0 Å². The van der Waals surface area contributed by atoms with Crippen molar-refractivity contribution in [2.45, 2.75) is 19.4 Å². The van der Waals surface area contributed by atoms with Gasteiger partial charge in [-0.05, 0) is 24.6 Å². The first kappa shape index (κ1) is 13.0. The number of aryl methyl sites for hydroxylation is 1. The molecular weight excluding hydrogens is 322 g/mol. The first-order valence-electron chi connectivity index (χ1n) is 5.10. The van der Waals surface area contributed by atoms with Gasteiger partial charge in [-0.15, -0.1) is 11.3 Å². The highest BCUT2D eigenvalue weighted by Gasteiger charge is 2.14. The van der Waals surface area contributed by atoms with Crippen molar-refractivity contribution in [2.75, 3.05) is 0 Å². The molecule has 1 atom stereocenters. The van der Waals surface area contributed by atoms with E-state index in [1.165, 1.54) is 0 Å². The second-order valence-corrected chi connectivity index (χ2v) is 6.03. The highest BCUT2D eigenvalue weighted by Crippen LogP contribution is 2.29. The molecule has 5 heteroatoms. The quantitative estimate of drug-likeness (QED) is 0.916. The number of aliphatic hydroxyl groups excluding tert-OH is 1. The third kappa shape index (κ3) is 3.28. The van der Waals surface area contributed by atoms with Crippen molar-refractivity contribution in [3.8, 4) is 0 Å². The maximum Gasteiger partial charge on any atom is 0.0957 e. The van der Waals surface area contributed by atoms with Crippen LogP contribution in [0.5, 0.6) is 0 Å². The molecule has 0 bridgehead atoms. The zero-order valence-corrected chi connectivity index (χ0v) is 12.3. The van der Waals surface area contributed by atoms with Gasteiger partial charge >= 0.3 is 0 Å². The Morgan fingerprint density at radius 2 is 2.29 bits per heavy atom.